The van der Waals surface area contributed by atoms with Crippen molar-refractivity contribution in [1.29, 1.82) is 0 Å². The maximum atomic E-state index is 12.1. The van der Waals surface area contributed by atoms with Gasteiger partial charge in [-0.2, -0.15) is 0 Å². The molecule has 0 atom stereocenters. The average Bonchev–Trinajstić information content (AvgIpc) is 3.03. The van der Waals surface area contributed by atoms with E-state index in [9.17, 15) is 4.79 Å². The molecule has 120 valence electrons. The largest absolute Gasteiger partial charge is 0.339 e. The molecule has 1 aliphatic carbocycles. The van der Waals surface area contributed by atoms with Crippen molar-refractivity contribution in [3.63, 3.8) is 0 Å². The minimum absolute atomic E-state index is 0. The Hall–Kier alpha value is 0.150. The molecule has 1 aromatic rings. The molecular formula is C13H20BrCl2N3OS. The zero-order valence-electron chi connectivity index (χ0n) is 11.6. The molecule has 2 heterocycles. The van der Waals surface area contributed by atoms with Crippen molar-refractivity contribution in [2.45, 2.75) is 24.9 Å². The molecule has 1 saturated carbocycles. The van der Waals surface area contributed by atoms with Crippen LogP contribution in [0.15, 0.2) is 15.9 Å². The summed E-state index contributed by atoms with van der Waals surface area (Å²) in [5, 5.41) is 0. The monoisotopic (exact) mass is 415 g/mol. The number of nitrogens with two attached hydrogens (primary N) is 1. The summed E-state index contributed by atoms with van der Waals surface area (Å²) in [4.78, 5) is 17.8. The minimum Gasteiger partial charge on any atom is -0.339 e. The number of thiophene rings is 1. The van der Waals surface area contributed by atoms with E-state index < -0.39 is 5.54 Å². The Bertz CT molecular complexity index is 488. The quantitative estimate of drug-likeness (QED) is 0.823. The highest BCUT2D eigenvalue weighted by molar-refractivity contribution is 9.11. The number of hydrogen-bond acceptors (Lipinski definition) is 4. The highest BCUT2D eigenvalue weighted by Gasteiger charge is 2.48. The topological polar surface area (TPSA) is 49.6 Å². The molecule has 1 saturated heterocycles. The van der Waals surface area contributed by atoms with Crippen LogP contribution in [0.4, 0.5) is 0 Å². The van der Waals surface area contributed by atoms with E-state index in [1.165, 1.54) is 8.66 Å². The van der Waals surface area contributed by atoms with E-state index in [1.807, 2.05) is 4.90 Å². The van der Waals surface area contributed by atoms with Gasteiger partial charge in [0.15, 0.2) is 0 Å². The van der Waals surface area contributed by atoms with Crippen molar-refractivity contribution < 1.29 is 4.79 Å². The molecular weight excluding hydrogens is 397 g/mol. The van der Waals surface area contributed by atoms with Crippen LogP contribution in [0.25, 0.3) is 0 Å². The van der Waals surface area contributed by atoms with Gasteiger partial charge < -0.3 is 10.6 Å². The Morgan fingerprint density at radius 3 is 2.33 bits per heavy atom. The summed E-state index contributed by atoms with van der Waals surface area (Å²) in [7, 11) is 0. The molecule has 2 aliphatic rings. The summed E-state index contributed by atoms with van der Waals surface area (Å²) < 4.78 is 1.18. The standard InChI is InChI=1S/C13H18BrN3OS.2ClH/c14-11-2-1-10(19-11)9-16-5-7-17(8-6-16)12(18)13(15)3-4-13;;/h1-2H,3-9,15H2;2*1H. The van der Waals surface area contributed by atoms with Crippen LogP contribution in [0.2, 0.25) is 0 Å². The molecule has 3 rings (SSSR count). The van der Waals surface area contributed by atoms with Gasteiger partial charge in [-0.15, -0.1) is 36.2 Å². The smallest absolute Gasteiger partial charge is 0.242 e. The summed E-state index contributed by atoms with van der Waals surface area (Å²) >= 11 is 5.26. The van der Waals surface area contributed by atoms with Crippen molar-refractivity contribution in [3.8, 4) is 0 Å². The molecule has 0 spiro atoms. The Labute approximate surface area is 150 Å². The van der Waals surface area contributed by atoms with E-state index in [0.717, 1.165) is 45.6 Å². The number of carbonyl (C=O) groups excluding carboxylic acids is 1. The van der Waals surface area contributed by atoms with Crippen molar-refractivity contribution >= 4 is 58.0 Å². The lowest BCUT2D eigenvalue weighted by atomic mass is 10.2. The molecule has 0 unspecified atom stereocenters. The number of amides is 1. The van der Waals surface area contributed by atoms with Crippen LogP contribution in [0.3, 0.4) is 0 Å². The lowest BCUT2D eigenvalue weighted by Gasteiger charge is -2.35. The number of nitrogens with zero attached hydrogens (tertiary/aromatic N) is 2. The molecule has 1 aliphatic heterocycles. The Balaban J connectivity index is 0.00000110. The van der Waals surface area contributed by atoms with E-state index in [1.54, 1.807) is 11.3 Å². The molecule has 1 amide bonds. The van der Waals surface area contributed by atoms with Gasteiger partial charge in [0.1, 0.15) is 0 Å². The van der Waals surface area contributed by atoms with Crippen LogP contribution < -0.4 is 5.73 Å². The van der Waals surface area contributed by atoms with Crippen molar-refractivity contribution in [1.82, 2.24) is 9.80 Å². The van der Waals surface area contributed by atoms with E-state index in [4.69, 9.17) is 5.73 Å². The Morgan fingerprint density at radius 1 is 1.24 bits per heavy atom. The number of carbonyl (C=O) groups is 1. The van der Waals surface area contributed by atoms with Crippen molar-refractivity contribution in [2.24, 2.45) is 5.73 Å². The summed E-state index contributed by atoms with van der Waals surface area (Å²) in [6.45, 7) is 4.48. The Kier molecular flexibility index (Phi) is 6.96. The number of piperazine rings is 1. The SMILES string of the molecule is Cl.Cl.NC1(C(=O)N2CCN(Cc3ccc(Br)s3)CC2)CC1. The maximum absolute atomic E-state index is 12.1. The van der Waals surface area contributed by atoms with E-state index >= 15 is 0 Å². The molecule has 0 bridgehead atoms. The predicted octanol–water partition coefficient (Wildman–Crippen LogP) is 2.49. The fourth-order valence-electron chi connectivity index (χ4n) is 2.43. The van der Waals surface area contributed by atoms with Gasteiger partial charge in [0.25, 0.3) is 0 Å². The first-order chi connectivity index (χ1) is 9.07. The molecule has 8 heteroatoms. The normalized spacial score (nSPS) is 20.4. The highest BCUT2D eigenvalue weighted by Crippen LogP contribution is 2.34. The average molecular weight is 417 g/mol. The molecule has 21 heavy (non-hydrogen) atoms. The predicted molar refractivity (Wildman–Crippen MR) is 94.5 cm³/mol. The van der Waals surface area contributed by atoms with Crippen LogP contribution >= 0.6 is 52.1 Å². The Morgan fingerprint density at radius 2 is 1.86 bits per heavy atom. The van der Waals surface area contributed by atoms with Crippen molar-refractivity contribution in [3.05, 3.63) is 20.8 Å². The lowest BCUT2D eigenvalue weighted by Crippen LogP contribution is -2.53. The zero-order valence-corrected chi connectivity index (χ0v) is 15.6. The summed E-state index contributed by atoms with van der Waals surface area (Å²) in [5.74, 6) is 0.158. The van der Waals surface area contributed by atoms with Gasteiger partial charge in [0, 0.05) is 37.6 Å². The van der Waals surface area contributed by atoms with Gasteiger partial charge >= 0.3 is 0 Å². The first kappa shape index (κ1) is 19.2. The second-order valence-electron chi connectivity index (χ2n) is 5.43. The number of rotatable bonds is 3. The summed E-state index contributed by atoms with van der Waals surface area (Å²) in [6, 6.07) is 4.25. The fraction of sp³-hybridized carbons (Fsp3) is 0.615. The first-order valence-corrected chi connectivity index (χ1v) is 8.23. The van der Waals surface area contributed by atoms with E-state index in [0.29, 0.717) is 0 Å². The minimum atomic E-state index is -0.513. The van der Waals surface area contributed by atoms with Crippen LogP contribution in [-0.2, 0) is 11.3 Å². The second-order valence-corrected chi connectivity index (χ2v) is 7.98. The molecule has 0 radical (unpaired) electrons. The molecule has 4 nitrogen and oxygen atoms in total. The van der Waals surface area contributed by atoms with Gasteiger partial charge in [-0.3, -0.25) is 9.69 Å². The summed E-state index contributed by atoms with van der Waals surface area (Å²) in [5.41, 5.74) is 5.46. The van der Waals surface area contributed by atoms with Crippen LogP contribution in [0, 0.1) is 0 Å². The van der Waals surface area contributed by atoms with Crippen LogP contribution in [0.1, 0.15) is 17.7 Å². The van der Waals surface area contributed by atoms with Gasteiger partial charge in [-0.05, 0) is 40.9 Å². The van der Waals surface area contributed by atoms with Crippen LogP contribution in [0.5, 0.6) is 0 Å². The molecule has 1 aromatic heterocycles. The van der Waals surface area contributed by atoms with Gasteiger partial charge in [-0.1, -0.05) is 0 Å². The molecule has 2 N–H and O–H groups in total. The van der Waals surface area contributed by atoms with Crippen LogP contribution in [-0.4, -0.2) is 47.4 Å². The molecule has 2 fully saturated rings. The second kappa shape index (κ2) is 7.62. The third-order valence-corrected chi connectivity index (χ3v) is 5.49. The van der Waals surface area contributed by atoms with Crippen molar-refractivity contribution in [2.75, 3.05) is 26.2 Å². The van der Waals surface area contributed by atoms with E-state index in [2.05, 4.69) is 33.0 Å². The third-order valence-electron chi connectivity index (χ3n) is 3.88. The molecule has 0 aromatic carbocycles. The number of hydrogen-bond donors (Lipinski definition) is 1. The lowest BCUT2D eigenvalue weighted by molar-refractivity contribution is -0.135. The maximum Gasteiger partial charge on any atom is 0.242 e. The van der Waals surface area contributed by atoms with Gasteiger partial charge in [0.05, 0.1) is 9.33 Å². The number of halogens is 3. The third kappa shape index (κ3) is 4.56. The van der Waals surface area contributed by atoms with E-state index in [-0.39, 0.29) is 30.7 Å². The van der Waals surface area contributed by atoms with Gasteiger partial charge in [0.2, 0.25) is 5.91 Å². The first-order valence-electron chi connectivity index (χ1n) is 6.62. The zero-order chi connectivity index (χ0) is 13.5. The summed E-state index contributed by atoms with van der Waals surface area (Å²) in [6.07, 6.45) is 1.71. The van der Waals surface area contributed by atoms with Gasteiger partial charge in [-0.25, -0.2) is 0 Å². The highest BCUT2D eigenvalue weighted by atomic mass is 79.9. The fourth-order valence-corrected chi connectivity index (χ4v) is 3.96.